The zero-order valence-corrected chi connectivity index (χ0v) is 20.3. The first kappa shape index (κ1) is 30.1. The van der Waals surface area contributed by atoms with E-state index in [2.05, 4.69) is 20.6 Å². The number of aromatic nitrogens is 2. The molecule has 0 saturated heterocycles. The van der Waals surface area contributed by atoms with Crippen LogP contribution < -0.4 is 0 Å². The van der Waals surface area contributed by atoms with Gasteiger partial charge < -0.3 is 59.6 Å². The van der Waals surface area contributed by atoms with Crippen LogP contribution in [0.4, 0.5) is 11.6 Å². The van der Waals surface area contributed by atoms with Crippen LogP contribution in [0.5, 0.6) is 11.5 Å². The molecule has 0 aliphatic heterocycles. The topological polar surface area (TPSA) is 233 Å². The van der Waals surface area contributed by atoms with E-state index in [-0.39, 0.29) is 48.3 Å². The summed E-state index contributed by atoms with van der Waals surface area (Å²) in [6.45, 7) is 0.558. The minimum atomic E-state index is -3.95. The van der Waals surface area contributed by atoms with Gasteiger partial charge in [-0.15, -0.1) is 0 Å². The van der Waals surface area contributed by atoms with Gasteiger partial charge in [-0.05, 0) is 36.6 Å². The van der Waals surface area contributed by atoms with E-state index in [1.54, 1.807) is 12.1 Å². The summed E-state index contributed by atoms with van der Waals surface area (Å²) in [5.74, 6) is 0.410. The summed E-state index contributed by atoms with van der Waals surface area (Å²) in [6.07, 6.45) is 3.68. The first-order chi connectivity index (χ1) is 15.0. The van der Waals surface area contributed by atoms with Crippen LogP contribution in [0.1, 0.15) is 12.8 Å². The van der Waals surface area contributed by atoms with Gasteiger partial charge in [0.1, 0.15) is 11.5 Å². The molecule has 2 aromatic heterocycles. The molecule has 0 aliphatic rings. The van der Waals surface area contributed by atoms with Crippen LogP contribution in [0, 0.1) is 0 Å². The third-order valence-corrected chi connectivity index (χ3v) is 5.44. The molecule has 0 aromatic carbocycles. The Bertz CT molecular complexity index is 718. The maximum absolute atomic E-state index is 9.27. The molecular formula is C16H26N4O9Si2V. The number of hydrogen-bond acceptors (Lipinski definition) is 11. The monoisotopic (exact) mass is 525 g/mol. The maximum atomic E-state index is 9.27. The summed E-state index contributed by atoms with van der Waals surface area (Å²) in [7, 11) is -7.90. The molecule has 0 fully saturated rings. The van der Waals surface area contributed by atoms with E-state index >= 15 is 0 Å². The SMILES string of the molecule is Oc1cccnc1[N-]CCC[Si](O)(O)O.Oc1cccnc1[N-]CCC[Si](O)(O)O.[O]=[V+2]. The molecule has 2 heterocycles. The quantitative estimate of drug-likeness (QED) is 0.153. The Balaban J connectivity index is 0.000000557. The van der Waals surface area contributed by atoms with Gasteiger partial charge in [-0.1, -0.05) is 37.6 Å². The molecule has 16 heteroatoms. The first-order valence-electron chi connectivity index (χ1n) is 9.13. The summed E-state index contributed by atoms with van der Waals surface area (Å²) >= 11 is 1.06. The van der Waals surface area contributed by atoms with Crippen LogP contribution in [0.15, 0.2) is 36.7 Å². The fourth-order valence-electron chi connectivity index (χ4n) is 2.02. The van der Waals surface area contributed by atoms with Crippen molar-refractivity contribution in [2.45, 2.75) is 24.9 Å². The van der Waals surface area contributed by atoms with Gasteiger partial charge in [0.2, 0.25) is 0 Å². The van der Waals surface area contributed by atoms with E-state index in [1.165, 1.54) is 24.5 Å². The van der Waals surface area contributed by atoms with Gasteiger partial charge in [0, 0.05) is 12.1 Å². The fourth-order valence-corrected chi connectivity index (χ4v) is 3.29. The van der Waals surface area contributed by atoms with Crippen LogP contribution >= 0.6 is 0 Å². The van der Waals surface area contributed by atoms with Crippen molar-refractivity contribution in [3.8, 4) is 11.5 Å². The molecule has 13 nitrogen and oxygen atoms in total. The standard InChI is InChI=1S/2C8H13N2O4Si.O.V/c2*11-7-3-1-4-9-8(7)10-5-2-6-15(12,13)14;;/h2*1,3-4,12-14H,2,5-6H2,(H-,9,10,11);;/q2*-1;;+2. The Morgan fingerprint density at radius 1 is 0.719 bits per heavy atom. The van der Waals surface area contributed by atoms with Crippen molar-refractivity contribution in [3.05, 3.63) is 47.3 Å². The molecule has 0 saturated carbocycles. The fraction of sp³-hybridized carbons (Fsp3) is 0.375. The van der Waals surface area contributed by atoms with Crippen molar-refractivity contribution in [2.75, 3.05) is 13.1 Å². The first-order valence-corrected chi connectivity index (χ1v) is 13.8. The van der Waals surface area contributed by atoms with Gasteiger partial charge in [0.15, 0.2) is 0 Å². The Morgan fingerprint density at radius 2 is 1.06 bits per heavy atom. The molecule has 32 heavy (non-hydrogen) atoms. The number of nitrogens with zero attached hydrogens (tertiary/aromatic N) is 4. The third kappa shape index (κ3) is 15.8. The van der Waals surface area contributed by atoms with E-state index in [4.69, 9.17) is 32.4 Å². The molecular weight excluding hydrogens is 499 g/mol. The van der Waals surface area contributed by atoms with E-state index in [1.807, 2.05) is 0 Å². The van der Waals surface area contributed by atoms with Crippen molar-refractivity contribution >= 4 is 29.2 Å². The predicted octanol–water partition coefficient (Wildman–Crippen LogP) is 0.0753. The number of hydrogen-bond donors (Lipinski definition) is 8. The Hall–Kier alpha value is -1.92. The second-order valence-electron chi connectivity index (χ2n) is 6.21. The second kappa shape index (κ2) is 15.8. The Morgan fingerprint density at radius 3 is 1.34 bits per heavy atom. The summed E-state index contributed by atoms with van der Waals surface area (Å²) in [6, 6.07) is 5.97. The van der Waals surface area contributed by atoms with E-state index < -0.39 is 17.6 Å². The zero-order chi connectivity index (χ0) is 24.6. The van der Waals surface area contributed by atoms with Crippen LogP contribution in [0.2, 0.25) is 12.1 Å². The number of aromatic hydroxyl groups is 2. The van der Waals surface area contributed by atoms with Crippen molar-refractivity contribution in [1.82, 2.24) is 9.97 Å². The van der Waals surface area contributed by atoms with Crippen LogP contribution in [0.25, 0.3) is 10.6 Å². The van der Waals surface area contributed by atoms with Crippen molar-refractivity contribution in [1.29, 1.82) is 0 Å². The summed E-state index contributed by atoms with van der Waals surface area (Å²) in [5.41, 5.74) is 0. The molecule has 0 spiro atoms. The minimum absolute atomic E-state index is 0.0157. The molecule has 8 N–H and O–H groups in total. The van der Waals surface area contributed by atoms with Gasteiger partial charge in [0.05, 0.1) is 0 Å². The average molecular weight is 526 g/mol. The third-order valence-electron chi connectivity index (χ3n) is 3.40. The van der Waals surface area contributed by atoms with Crippen LogP contribution in [-0.4, -0.2) is 79.7 Å². The molecule has 0 radical (unpaired) electrons. The molecule has 0 aliphatic carbocycles. The zero-order valence-electron chi connectivity index (χ0n) is 16.9. The molecule has 177 valence electrons. The Kier molecular flexibility index (Phi) is 14.9. The van der Waals surface area contributed by atoms with Gasteiger partial charge in [-0.25, -0.2) is 0 Å². The molecule has 2 rings (SSSR count). The van der Waals surface area contributed by atoms with Crippen molar-refractivity contribution in [3.63, 3.8) is 0 Å². The molecule has 0 bridgehead atoms. The molecule has 0 atom stereocenters. The number of rotatable bonds is 10. The van der Waals surface area contributed by atoms with E-state index in [9.17, 15) is 10.2 Å². The van der Waals surface area contributed by atoms with E-state index in [0.29, 0.717) is 12.8 Å². The van der Waals surface area contributed by atoms with Gasteiger partial charge in [-0.2, -0.15) is 0 Å². The summed E-state index contributed by atoms with van der Waals surface area (Å²) < 4.78 is 8.19. The van der Waals surface area contributed by atoms with Gasteiger partial charge >= 0.3 is 38.7 Å². The molecule has 2 aromatic rings. The van der Waals surface area contributed by atoms with Gasteiger partial charge in [-0.3, -0.25) is 0 Å². The molecule has 0 unspecified atom stereocenters. The predicted molar refractivity (Wildman–Crippen MR) is 112 cm³/mol. The van der Waals surface area contributed by atoms with E-state index in [0.717, 1.165) is 17.4 Å². The number of pyridine rings is 2. The second-order valence-corrected chi connectivity index (χ2v) is 10.3. The average Bonchev–Trinajstić information content (AvgIpc) is 2.72. The summed E-state index contributed by atoms with van der Waals surface area (Å²) in [5, 5.41) is 26.4. The normalized spacial score (nSPS) is 10.9. The van der Waals surface area contributed by atoms with Crippen molar-refractivity contribution in [2.24, 2.45) is 0 Å². The summed E-state index contributed by atoms with van der Waals surface area (Å²) in [4.78, 5) is 59.9. The molecule has 0 amide bonds. The van der Waals surface area contributed by atoms with Crippen molar-refractivity contribution < 1.29 is 60.0 Å². The van der Waals surface area contributed by atoms with Gasteiger partial charge in [0.25, 0.3) is 0 Å². The Labute approximate surface area is 196 Å². The van der Waals surface area contributed by atoms with Crippen LogP contribution in [0.3, 0.4) is 0 Å². The van der Waals surface area contributed by atoms with Crippen LogP contribution in [-0.2, 0) is 21.0 Å².